The fourth-order valence-electron chi connectivity index (χ4n) is 2.61. The van der Waals surface area contributed by atoms with E-state index in [1.165, 1.54) is 45.2 Å². The predicted octanol–water partition coefficient (Wildman–Crippen LogP) is 1.27. The second kappa shape index (κ2) is 3.35. The van der Waals surface area contributed by atoms with E-state index in [1.807, 2.05) is 0 Å². The summed E-state index contributed by atoms with van der Waals surface area (Å²) in [6.07, 6.45) is 6.82. The highest BCUT2D eigenvalue weighted by atomic mass is 15.0. The van der Waals surface area contributed by atoms with Crippen molar-refractivity contribution in [3.8, 4) is 0 Å². The van der Waals surface area contributed by atoms with Crippen LogP contribution in [0.1, 0.15) is 39.0 Å². The largest absolute Gasteiger partial charge is 0.314 e. The molecule has 0 saturated carbocycles. The molecular weight excluding hydrogens is 148 g/mol. The van der Waals surface area contributed by atoms with Gasteiger partial charge >= 0.3 is 0 Å². The molecule has 0 aliphatic carbocycles. The van der Waals surface area contributed by atoms with Crippen LogP contribution in [0.4, 0.5) is 0 Å². The molecule has 2 N–H and O–H groups in total. The Morgan fingerprint density at radius 3 is 2.83 bits per heavy atom. The van der Waals surface area contributed by atoms with Crippen LogP contribution in [-0.4, -0.2) is 24.7 Å². The fraction of sp³-hybridized carbons (Fsp3) is 1.00. The molecule has 2 aliphatic heterocycles. The first-order valence-electron chi connectivity index (χ1n) is 5.27. The first kappa shape index (κ1) is 8.52. The van der Waals surface area contributed by atoms with E-state index in [0.717, 1.165) is 6.04 Å². The number of hydrogen-bond acceptors (Lipinski definition) is 2. The molecule has 0 radical (unpaired) electrons. The third-order valence-corrected chi connectivity index (χ3v) is 3.32. The van der Waals surface area contributed by atoms with Crippen molar-refractivity contribution in [1.82, 2.24) is 10.6 Å². The second-order valence-electron chi connectivity index (χ2n) is 4.59. The van der Waals surface area contributed by atoms with Crippen molar-refractivity contribution < 1.29 is 0 Å². The summed E-state index contributed by atoms with van der Waals surface area (Å²) in [5, 5.41) is 7.19. The van der Waals surface area contributed by atoms with Gasteiger partial charge in [0.1, 0.15) is 0 Å². The van der Waals surface area contributed by atoms with Crippen molar-refractivity contribution in [2.45, 2.75) is 50.6 Å². The Kier molecular flexibility index (Phi) is 2.37. The molecule has 0 aromatic heterocycles. The molecule has 0 amide bonds. The molecule has 70 valence electrons. The Balaban J connectivity index is 1.83. The lowest BCUT2D eigenvalue weighted by Gasteiger charge is -2.27. The van der Waals surface area contributed by atoms with Crippen LogP contribution in [0, 0.1) is 0 Å². The summed E-state index contributed by atoms with van der Waals surface area (Å²) in [5.41, 5.74) is 0.446. The van der Waals surface area contributed by atoms with Crippen molar-refractivity contribution in [1.29, 1.82) is 0 Å². The van der Waals surface area contributed by atoms with Gasteiger partial charge in [-0.05, 0) is 52.1 Å². The maximum atomic E-state index is 3.62. The van der Waals surface area contributed by atoms with Gasteiger partial charge in [0.05, 0.1) is 0 Å². The molecule has 2 heterocycles. The molecule has 0 unspecified atom stereocenters. The SMILES string of the molecule is C[C@@]1(C[C@H]2CCCN2)CCCN1. The molecule has 2 nitrogen and oxygen atoms in total. The maximum absolute atomic E-state index is 3.62. The lowest BCUT2D eigenvalue weighted by atomic mass is 9.91. The summed E-state index contributed by atoms with van der Waals surface area (Å²) < 4.78 is 0. The minimum absolute atomic E-state index is 0.446. The monoisotopic (exact) mass is 168 g/mol. The second-order valence-corrected chi connectivity index (χ2v) is 4.59. The van der Waals surface area contributed by atoms with E-state index in [0.29, 0.717) is 5.54 Å². The minimum Gasteiger partial charge on any atom is -0.314 e. The van der Waals surface area contributed by atoms with Gasteiger partial charge in [-0.3, -0.25) is 0 Å². The standard InChI is InChI=1S/C10H20N2/c1-10(5-3-7-12-10)8-9-4-2-6-11-9/h9,11-12H,2-8H2,1H3/t9-,10+/m1/s1. The highest BCUT2D eigenvalue weighted by molar-refractivity contribution is 4.93. The summed E-state index contributed by atoms with van der Waals surface area (Å²) in [5.74, 6) is 0. The smallest absolute Gasteiger partial charge is 0.0168 e. The summed E-state index contributed by atoms with van der Waals surface area (Å²) in [4.78, 5) is 0. The quantitative estimate of drug-likeness (QED) is 0.649. The zero-order valence-corrected chi connectivity index (χ0v) is 8.03. The topological polar surface area (TPSA) is 24.1 Å². The van der Waals surface area contributed by atoms with Crippen LogP contribution in [-0.2, 0) is 0 Å². The van der Waals surface area contributed by atoms with Gasteiger partial charge in [-0.15, -0.1) is 0 Å². The molecule has 0 spiro atoms. The molecule has 2 aliphatic rings. The van der Waals surface area contributed by atoms with Crippen molar-refractivity contribution >= 4 is 0 Å². The van der Waals surface area contributed by atoms with Gasteiger partial charge in [0.15, 0.2) is 0 Å². The molecular formula is C10H20N2. The average Bonchev–Trinajstić information content (AvgIpc) is 2.62. The van der Waals surface area contributed by atoms with Crippen LogP contribution in [0.2, 0.25) is 0 Å². The van der Waals surface area contributed by atoms with Crippen molar-refractivity contribution in [3.05, 3.63) is 0 Å². The van der Waals surface area contributed by atoms with Gasteiger partial charge in [-0.2, -0.15) is 0 Å². The van der Waals surface area contributed by atoms with Crippen LogP contribution >= 0.6 is 0 Å². The van der Waals surface area contributed by atoms with E-state index in [1.54, 1.807) is 0 Å². The summed E-state index contributed by atoms with van der Waals surface area (Å²) in [6.45, 7) is 4.84. The molecule has 0 aromatic rings. The Bertz CT molecular complexity index is 144. The van der Waals surface area contributed by atoms with Crippen LogP contribution in [0.3, 0.4) is 0 Å². The number of rotatable bonds is 2. The Morgan fingerprint density at radius 2 is 2.25 bits per heavy atom. The lowest BCUT2D eigenvalue weighted by molar-refractivity contribution is 0.337. The van der Waals surface area contributed by atoms with Crippen molar-refractivity contribution in [2.24, 2.45) is 0 Å². The zero-order valence-electron chi connectivity index (χ0n) is 8.03. The highest BCUT2D eigenvalue weighted by Crippen LogP contribution is 2.26. The van der Waals surface area contributed by atoms with E-state index in [9.17, 15) is 0 Å². The first-order valence-corrected chi connectivity index (χ1v) is 5.27. The fourth-order valence-corrected chi connectivity index (χ4v) is 2.61. The molecule has 2 fully saturated rings. The lowest BCUT2D eigenvalue weighted by Crippen LogP contribution is -2.41. The first-order chi connectivity index (χ1) is 5.79. The summed E-state index contributed by atoms with van der Waals surface area (Å²) in [6, 6.07) is 0.792. The van der Waals surface area contributed by atoms with Gasteiger partial charge in [0.25, 0.3) is 0 Å². The van der Waals surface area contributed by atoms with Crippen LogP contribution in [0.5, 0.6) is 0 Å². The van der Waals surface area contributed by atoms with Crippen molar-refractivity contribution in [2.75, 3.05) is 13.1 Å². The van der Waals surface area contributed by atoms with Gasteiger partial charge in [-0.1, -0.05) is 0 Å². The maximum Gasteiger partial charge on any atom is 0.0168 e. The van der Waals surface area contributed by atoms with Crippen LogP contribution in [0.25, 0.3) is 0 Å². The number of hydrogen-bond donors (Lipinski definition) is 2. The Labute approximate surface area is 75.1 Å². The normalized spacial score (nSPS) is 42.2. The molecule has 0 bridgehead atoms. The van der Waals surface area contributed by atoms with Crippen LogP contribution < -0.4 is 10.6 Å². The van der Waals surface area contributed by atoms with Gasteiger partial charge in [0.2, 0.25) is 0 Å². The third-order valence-electron chi connectivity index (χ3n) is 3.32. The molecule has 12 heavy (non-hydrogen) atoms. The molecule has 2 rings (SSSR count). The molecule has 2 saturated heterocycles. The minimum atomic E-state index is 0.446. The van der Waals surface area contributed by atoms with E-state index in [2.05, 4.69) is 17.6 Å². The van der Waals surface area contributed by atoms with E-state index < -0.39 is 0 Å². The molecule has 0 aromatic carbocycles. The summed E-state index contributed by atoms with van der Waals surface area (Å²) >= 11 is 0. The van der Waals surface area contributed by atoms with Crippen LogP contribution in [0.15, 0.2) is 0 Å². The Hall–Kier alpha value is -0.0800. The van der Waals surface area contributed by atoms with Gasteiger partial charge in [-0.25, -0.2) is 0 Å². The van der Waals surface area contributed by atoms with E-state index in [4.69, 9.17) is 0 Å². The third kappa shape index (κ3) is 1.80. The molecule has 2 heteroatoms. The number of nitrogens with one attached hydrogen (secondary N) is 2. The highest BCUT2D eigenvalue weighted by Gasteiger charge is 2.31. The van der Waals surface area contributed by atoms with E-state index in [-0.39, 0.29) is 0 Å². The summed E-state index contributed by atoms with van der Waals surface area (Å²) in [7, 11) is 0. The zero-order chi connectivity index (χ0) is 8.44. The average molecular weight is 168 g/mol. The van der Waals surface area contributed by atoms with Gasteiger partial charge in [0, 0.05) is 11.6 Å². The molecule has 2 atom stereocenters. The van der Waals surface area contributed by atoms with E-state index >= 15 is 0 Å². The van der Waals surface area contributed by atoms with Gasteiger partial charge < -0.3 is 10.6 Å². The van der Waals surface area contributed by atoms with Crippen molar-refractivity contribution in [3.63, 3.8) is 0 Å². The Morgan fingerprint density at radius 1 is 1.33 bits per heavy atom. The predicted molar refractivity (Wildman–Crippen MR) is 51.3 cm³/mol.